The summed E-state index contributed by atoms with van der Waals surface area (Å²) >= 11 is 0. The number of aromatic nitrogens is 1. The molecule has 1 amide bonds. The molecule has 1 saturated heterocycles. The maximum Gasteiger partial charge on any atom is 0.420 e. The molecule has 0 atom stereocenters. The summed E-state index contributed by atoms with van der Waals surface area (Å²) < 4.78 is 34.1. The molecule has 1 N–H and O–H groups in total. The molecule has 8 nitrogen and oxygen atoms in total. The van der Waals surface area contributed by atoms with Crippen LogP contribution in [0.15, 0.2) is 32.3 Å². The number of sulfonamides is 1. The number of amides is 1. The Morgan fingerprint density at radius 1 is 1.10 bits per heavy atom. The molecule has 0 unspecified atom stereocenters. The zero-order valence-electron chi connectivity index (χ0n) is 18.0. The van der Waals surface area contributed by atoms with E-state index in [1.165, 1.54) is 21.0 Å². The van der Waals surface area contributed by atoms with Crippen LogP contribution in [-0.4, -0.2) is 42.3 Å². The van der Waals surface area contributed by atoms with Crippen LogP contribution in [0.1, 0.15) is 58.3 Å². The number of benzene rings is 1. The highest BCUT2D eigenvalue weighted by atomic mass is 32.2. The van der Waals surface area contributed by atoms with E-state index in [-0.39, 0.29) is 29.0 Å². The van der Waals surface area contributed by atoms with Crippen molar-refractivity contribution < 1.29 is 17.6 Å². The van der Waals surface area contributed by atoms with Crippen LogP contribution in [0.4, 0.5) is 0 Å². The number of carbonyl (C=O) groups is 1. The molecule has 2 heterocycles. The van der Waals surface area contributed by atoms with E-state index in [2.05, 4.69) is 12.2 Å². The lowest BCUT2D eigenvalue weighted by Gasteiger charge is -2.26. The number of nitrogens with zero attached hydrogens (tertiary/aromatic N) is 2. The number of oxazole rings is 1. The Bertz CT molecular complexity index is 1090. The summed E-state index contributed by atoms with van der Waals surface area (Å²) in [5.74, 6) is -0.203. The monoisotopic (exact) mass is 449 g/mol. The third-order valence-electron chi connectivity index (χ3n) is 6.53. The van der Waals surface area contributed by atoms with Gasteiger partial charge in [-0.25, -0.2) is 13.2 Å². The molecule has 1 saturated carbocycles. The standard InChI is InChI=1S/C22H31N3O5S/c1-16-6-8-17(9-7-16)23-21(26)15-25-19-11-10-18(14-20(19)30-22(25)27)31(28,29)24-12-4-2-3-5-13-24/h10-11,14,16-17H,2-9,12-13,15H2,1H3,(H,23,26). The Morgan fingerprint density at radius 2 is 1.77 bits per heavy atom. The molecule has 9 heteroatoms. The zero-order valence-corrected chi connectivity index (χ0v) is 18.8. The normalized spacial score (nSPS) is 23.5. The number of carbonyl (C=O) groups excluding carboxylic acids is 1. The number of hydrogen-bond acceptors (Lipinski definition) is 5. The second-order valence-corrected chi connectivity index (χ2v) is 10.9. The lowest BCUT2D eigenvalue weighted by atomic mass is 9.87. The molecular formula is C22H31N3O5S. The van der Waals surface area contributed by atoms with Crippen molar-refractivity contribution in [3.8, 4) is 0 Å². The maximum absolute atomic E-state index is 13.0. The van der Waals surface area contributed by atoms with Gasteiger partial charge in [0.05, 0.1) is 10.4 Å². The van der Waals surface area contributed by atoms with E-state index in [0.29, 0.717) is 24.5 Å². The first kappa shape index (κ1) is 22.1. The quantitative estimate of drug-likeness (QED) is 0.756. The van der Waals surface area contributed by atoms with Gasteiger partial charge in [0.25, 0.3) is 0 Å². The Labute approximate surface area is 182 Å². The summed E-state index contributed by atoms with van der Waals surface area (Å²) in [4.78, 5) is 25.0. The van der Waals surface area contributed by atoms with E-state index in [4.69, 9.17) is 4.42 Å². The van der Waals surface area contributed by atoms with Gasteiger partial charge in [-0.15, -0.1) is 0 Å². The predicted octanol–water partition coefficient (Wildman–Crippen LogP) is 2.85. The molecule has 31 heavy (non-hydrogen) atoms. The molecule has 2 aliphatic rings. The molecule has 1 aromatic heterocycles. The number of rotatable bonds is 5. The highest BCUT2D eigenvalue weighted by Gasteiger charge is 2.27. The lowest BCUT2D eigenvalue weighted by molar-refractivity contribution is -0.122. The third kappa shape index (κ3) is 4.87. The first-order chi connectivity index (χ1) is 14.8. The molecule has 1 aliphatic heterocycles. The molecule has 0 radical (unpaired) electrons. The average Bonchev–Trinajstić information content (AvgIpc) is 2.91. The van der Waals surface area contributed by atoms with Gasteiger partial charge < -0.3 is 9.73 Å². The van der Waals surface area contributed by atoms with Gasteiger partial charge in [0, 0.05) is 25.2 Å². The van der Waals surface area contributed by atoms with Crippen molar-refractivity contribution in [3.63, 3.8) is 0 Å². The average molecular weight is 450 g/mol. The summed E-state index contributed by atoms with van der Waals surface area (Å²) in [6.07, 6.45) is 7.85. The van der Waals surface area contributed by atoms with Gasteiger partial charge in [0.15, 0.2) is 5.58 Å². The largest absolute Gasteiger partial charge is 0.420 e. The van der Waals surface area contributed by atoms with E-state index >= 15 is 0 Å². The van der Waals surface area contributed by atoms with Crippen molar-refractivity contribution >= 4 is 27.0 Å². The van der Waals surface area contributed by atoms with Crippen LogP contribution in [0.3, 0.4) is 0 Å². The van der Waals surface area contributed by atoms with E-state index < -0.39 is 15.8 Å². The van der Waals surface area contributed by atoms with Crippen molar-refractivity contribution in [2.24, 2.45) is 5.92 Å². The molecule has 170 valence electrons. The van der Waals surface area contributed by atoms with E-state index in [1.807, 2.05) is 0 Å². The van der Waals surface area contributed by atoms with Gasteiger partial charge in [-0.3, -0.25) is 9.36 Å². The summed E-state index contributed by atoms with van der Waals surface area (Å²) in [5, 5.41) is 3.01. The van der Waals surface area contributed by atoms with E-state index in [9.17, 15) is 18.0 Å². The van der Waals surface area contributed by atoms with Crippen molar-refractivity contribution in [2.75, 3.05) is 13.1 Å². The SMILES string of the molecule is CC1CCC(NC(=O)Cn2c(=O)oc3cc(S(=O)(=O)N4CCCCCC4)ccc32)CC1. The molecule has 4 rings (SSSR count). The molecular weight excluding hydrogens is 418 g/mol. The smallest absolute Gasteiger partial charge is 0.408 e. The summed E-state index contributed by atoms with van der Waals surface area (Å²) in [7, 11) is -3.64. The van der Waals surface area contributed by atoms with Gasteiger partial charge >= 0.3 is 5.76 Å². The van der Waals surface area contributed by atoms with Crippen molar-refractivity contribution in [1.82, 2.24) is 14.2 Å². The Morgan fingerprint density at radius 3 is 2.45 bits per heavy atom. The summed E-state index contributed by atoms with van der Waals surface area (Å²) in [6.45, 7) is 3.09. The van der Waals surface area contributed by atoms with Crippen LogP contribution in [0.2, 0.25) is 0 Å². The molecule has 0 spiro atoms. The number of fused-ring (bicyclic) bond motifs is 1. The second kappa shape index (κ2) is 9.16. The summed E-state index contributed by atoms with van der Waals surface area (Å²) in [5.41, 5.74) is 0.604. The van der Waals surface area contributed by atoms with Crippen LogP contribution < -0.4 is 11.1 Å². The van der Waals surface area contributed by atoms with Crippen molar-refractivity contribution in [3.05, 3.63) is 28.7 Å². The van der Waals surface area contributed by atoms with Crippen LogP contribution >= 0.6 is 0 Å². The van der Waals surface area contributed by atoms with Crippen molar-refractivity contribution in [2.45, 2.75) is 75.8 Å². The fraction of sp³-hybridized carbons (Fsp3) is 0.636. The van der Waals surface area contributed by atoms with Gasteiger partial charge in [0.1, 0.15) is 6.54 Å². The van der Waals surface area contributed by atoms with Gasteiger partial charge in [-0.1, -0.05) is 19.8 Å². The van der Waals surface area contributed by atoms with Crippen LogP contribution in [0, 0.1) is 5.92 Å². The van der Waals surface area contributed by atoms with E-state index in [1.54, 1.807) is 6.07 Å². The Kier molecular flexibility index (Phi) is 6.52. The molecule has 2 aromatic rings. The lowest BCUT2D eigenvalue weighted by Crippen LogP contribution is -2.40. The van der Waals surface area contributed by atoms with Crippen LogP contribution in [0.25, 0.3) is 11.1 Å². The van der Waals surface area contributed by atoms with Crippen molar-refractivity contribution in [1.29, 1.82) is 0 Å². The first-order valence-electron chi connectivity index (χ1n) is 11.3. The minimum Gasteiger partial charge on any atom is -0.408 e. The molecule has 1 aliphatic carbocycles. The highest BCUT2D eigenvalue weighted by molar-refractivity contribution is 7.89. The number of hydrogen-bond donors (Lipinski definition) is 1. The van der Waals surface area contributed by atoms with Gasteiger partial charge in [0.2, 0.25) is 15.9 Å². The predicted molar refractivity (Wildman–Crippen MR) is 117 cm³/mol. The minimum atomic E-state index is -3.64. The topological polar surface area (TPSA) is 102 Å². The summed E-state index contributed by atoms with van der Waals surface area (Å²) in [6, 6.07) is 4.59. The minimum absolute atomic E-state index is 0.114. The first-order valence-corrected chi connectivity index (χ1v) is 12.7. The van der Waals surface area contributed by atoms with Crippen LogP contribution in [0.5, 0.6) is 0 Å². The Balaban J connectivity index is 1.52. The second-order valence-electron chi connectivity index (χ2n) is 8.93. The Hall–Kier alpha value is -2.13. The third-order valence-corrected chi connectivity index (χ3v) is 8.42. The molecule has 1 aromatic carbocycles. The van der Waals surface area contributed by atoms with E-state index in [0.717, 1.165) is 51.4 Å². The maximum atomic E-state index is 13.0. The highest BCUT2D eigenvalue weighted by Crippen LogP contribution is 2.25. The molecule has 2 fully saturated rings. The zero-order chi connectivity index (χ0) is 22.0. The fourth-order valence-corrected chi connectivity index (χ4v) is 6.14. The van der Waals surface area contributed by atoms with Gasteiger partial charge in [-0.2, -0.15) is 4.31 Å². The molecule has 0 bridgehead atoms. The van der Waals surface area contributed by atoms with Crippen LogP contribution in [-0.2, 0) is 21.4 Å². The number of nitrogens with one attached hydrogen (secondary N) is 1. The fourth-order valence-electron chi connectivity index (χ4n) is 4.61. The van der Waals surface area contributed by atoms with Gasteiger partial charge in [-0.05, 0) is 56.6 Å².